The number of fused-ring (bicyclic) bond motifs is 1. The second-order valence-corrected chi connectivity index (χ2v) is 7.95. The van der Waals surface area contributed by atoms with Crippen molar-refractivity contribution >= 4 is 40.0 Å². The van der Waals surface area contributed by atoms with Gasteiger partial charge in [0.25, 0.3) is 5.91 Å². The van der Waals surface area contributed by atoms with Crippen molar-refractivity contribution in [3.63, 3.8) is 0 Å². The third-order valence-corrected chi connectivity index (χ3v) is 5.43. The second-order valence-electron chi connectivity index (χ2n) is 7.55. The molecule has 0 aliphatic heterocycles. The summed E-state index contributed by atoms with van der Waals surface area (Å²) < 4.78 is 12.2. The minimum Gasteiger partial charge on any atom is -0.497 e. The third kappa shape index (κ3) is 4.77. The zero-order valence-corrected chi connectivity index (χ0v) is 18.9. The predicted molar refractivity (Wildman–Crippen MR) is 122 cm³/mol. The van der Waals surface area contributed by atoms with Crippen LogP contribution in [0.15, 0.2) is 42.5 Å². The fraction of sp³-hybridized carbons (Fsp3) is 0.304. The summed E-state index contributed by atoms with van der Waals surface area (Å²) in [6.07, 6.45) is 0. The second kappa shape index (κ2) is 9.31. The van der Waals surface area contributed by atoms with Crippen molar-refractivity contribution in [2.75, 3.05) is 19.5 Å². The molecule has 0 bridgehead atoms. The number of rotatable bonds is 7. The molecule has 0 aliphatic carbocycles. The van der Waals surface area contributed by atoms with Gasteiger partial charge in [0.05, 0.1) is 19.2 Å². The van der Waals surface area contributed by atoms with E-state index in [0.29, 0.717) is 27.9 Å². The molecule has 3 aromatic rings. The van der Waals surface area contributed by atoms with Gasteiger partial charge >= 0.3 is 0 Å². The maximum Gasteiger partial charge on any atom is 0.268 e. The molecule has 1 heterocycles. The number of aromatic nitrogens is 1. The first-order chi connectivity index (χ1) is 14.7. The molecule has 0 spiro atoms. The van der Waals surface area contributed by atoms with E-state index in [4.69, 9.17) is 21.1 Å². The van der Waals surface area contributed by atoms with Crippen LogP contribution in [0.4, 0.5) is 5.69 Å². The number of nitrogens with one attached hydrogen (secondary N) is 2. The van der Waals surface area contributed by atoms with Crippen LogP contribution in [0.25, 0.3) is 10.9 Å². The minimum atomic E-state index is -0.735. The lowest BCUT2D eigenvalue weighted by molar-refractivity contribution is -0.118. The van der Waals surface area contributed by atoms with E-state index in [1.807, 2.05) is 39.1 Å². The van der Waals surface area contributed by atoms with Gasteiger partial charge in [0.2, 0.25) is 5.91 Å². The van der Waals surface area contributed by atoms with E-state index in [1.165, 1.54) is 7.11 Å². The molecule has 0 saturated carbocycles. The minimum absolute atomic E-state index is 0.132. The van der Waals surface area contributed by atoms with Gasteiger partial charge in [0, 0.05) is 23.6 Å². The number of halogens is 1. The van der Waals surface area contributed by atoms with E-state index < -0.39 is 6.04 Å². The molecule has 0 radical (unpaired) electrons. The fourth-order valence-corrected chi connectivity index (χ4v) is 3.64. The largest absolute Gasteiger partial charge is 0.497 e. The highest BCUT2D eigenvalue weighted by molar-refractivity contribution is 6.32. The Morgan fingerprint density at radius 3 is 2.39 bits per heavy atom. The number of carbonyl (C=O) groups is 2. The molecule has 2 aromatic carbocycles. The number of hydrogen-bond donors (Lipinski definition) is 2. The quantitative estimate of drug-likeness (QED) is 0.572. The molecule has 0 unspecified atom stereocenters. The average molecular weight is 444 g/mol. The van der Waals surface area contributed by atoms with Crippen LogP contribution in [-0.2, 0) is 11.8 Å². The topological polar surface area (TPSA) is 81.6 Å². The Morgan fingerprint density at radius 1 is 1.03 bits per heavy atom. The summed E-state index contributed by atoms with van der Waals surface area (Å²) in [5.41, 5.74) is 1.87. The van der Waals surface area contributed by atoms with Gasteiger partial charge in [-0.05, 0) is 48.4 Å². The number of ether oxygens (including phenoxy) is 2. The SMILES string of the molecule is COc1ccc2c(c1)cc(C(=O)N[C@@H](C(=O)Nc1ccc(OC)c(Cl)c1)C(C)C)n2C. The molecular formula is C23H26ClN3O4. The number of benzene rings is 2. The number of aryl methyl sites for hydroxylation is 1. The van der Waals surface area contributed by atoms with E-state index in [2.05, 4.69) is 10.6 Å². The maximum atomic E-state index is 13.0. The van der Waals surface area contributed by atoms with Crippen molar-refractivity contribution in [1.82, 2.24) is 9.88 Å². The lowest BCUT2D eigenvalue weighted by atomic mass is 10.0. The lowest BCUT2D eigenvalue weighted by Crippen LogP contribution is -2.47. The molecule has 1 atom stereocenters. The van der Waals surface area contributed by atoms with Crippen molar-refractivity contribution < 1.29 is 19.1 Å². The smallest absolute Gasteiger partial charge is 0.268 e. The summed E-state index contributed by atoms with van der Waals surface area (Å²) in [5, 5.41) is 6.94. The molecule has 0 saturated heterocycles. The van der Waals surface area contributed by atoms with Gasteiger partial charge in [-0.3, -0.25) is 9.59 Å². The van der Waals surface area contributed by atoms with Gasteiger partial charge in [-0.25, -0.2) is 0 Å². The molecule has 0 aliphatic rings. The van der Waals surface area contributed by atoms with E-state index >= 15 is 0 Å². The summed E-state index contributed by atoms with van der Waals surface area (Å²) >= 11 is 6.14. The van der Waals surface area contributed by atoms with Gasteiger partial charge in [-0.2, -0.15) is 0 Å². The van der Waals surface area contributed by atoms with E-state index in [9.17, 15) is 9.59 Å². The van der Waals surface area contributed by atoms with Crippen LogP contribution in [0.1, 0.15) is 24.3 Å². The fourth-order valence-electron chi connectivity index (χ4n) is 3.39. The van der Waals surface area contributed by atoms with Crippen molar-refractivity contribution in [3.05, 3.63) is 53.2 Å². The Morgan fingerprint density at radius 2 is 1.77 bits per heavy atom. The molecular weight excluding hydrogens is 418 g/mol. The molecule has 0 fully saturated rings. The number of anilines is 1. The van der Waals surface area contributed by atoms with E-state index in [-0.39, 0.29) is 17.7 Å². The number of methoxy groups -OCH3 is 2. The molecule has 7 nitrogen and oxygen atoms in total. The summed E-state index contributed by atoms with van der Waals surface area (Å²) in [5.74, 6) is 0.431. The van der Waals surface area contributed by atoms with Crippen LogP contribution < -0.4 is 20.1 Å². The van der Waals surface area contributed by atoms with Crippen molar-refractivity contribution in [1.29, 1.82) is 0 Å². The zero-order valence-electron chi connectivity index (χ0n) is 18.2. The number of carbonyl (C=O) groups excluding carboxylic acids is 2. The van der Waals surface area contributed by atoms with Crippen LogP contribution in [0.2, 0.25) is 5.02 Å². The Labute approximate surface area is 186 Å². The van der Waals surface area contributed by atoms with Crippen molar-refractivity contribution in [2.45, 2.75) is 19.9 Å². The third-order valence-electron chi connectivity index (χ3n) is 5.14. The number of nitrogens with zero attached hydrogens (tertiary/aromatic N) is 1. The monoisotopic (exact) mass is 443 g/mol. The highest BCUT2D eigenvalue weighted by Crippen LogP contribution is 2.27. The normalized spacial score (nSPS) is 12.0. The molecule has 2 amide bonds. The molecule has 8 heteroatoms. The molecule has 3 rings (SSSR count). The van der Waals surface area contributed by atoms with E-state index in [0.717, 1.165) is 10.9 Å². The van der Waals surface area contributed by atoms with Gasteiger partial charge in [-0.15, -0.1) is 0 Å². The van der Waals surface area contributed by atoms with Crippen molar-refractivity contribution in [2.24, 2.45) is 13.0 Å². The summed E-state index contributed by atoms with van der Waals surface area (Å²) in [7, 11) is 4.93. The van der Waals surface area contributed by atoms with Crippen LogP contribution in [0.3, 0.4) is 0 Å². The lowest BCUT2D eigenvalue weighted by Gasteiger charge is -2.22. The van der Waals surface area contributed by atoms with Gasteiger partial charge < -0.3 is 24.7 Å². The van der Waals surface area contributed by atoms with Gasteiger partial charge in [0.1, 0.15) is 23.2 Å². The Kier molecular flexibility index (Phi) is 6.75. The predicted octanol–water partition coefficient (Wildman–Crippen LogP) is 4.24. The van der Waals surface area contributed by atoms with Crippen molar-refractivity contribution in [3.8, 4) is 11.5 Å². The van der Waals surface area contributed by atoms with Gasteiger partial charge in [-0.1, -0.05) is 25.4 Å². The van der Waals surface area contributed by atoms with Gasteiger partial charge in [0.15, 0.2) is 0 Å². The van der Waals surface area contributed by atoms with Crippen LogP contribution >= 0.6 is 11.6 Å². The summed E-state index contributed by atoms with van der Waals surface area (Å²) in [4.78, 5) is 25.9. The maximum absolute atomic E-state index is 13.0. The summed E-state index contributed by atoms with van der Waals surface area (Å²) in [6, 6.07) is 11.6. The Bertz CT molecular complexity index is 1120. The Balaban J connectivity index is 1.80. The first-order valence-electron chi connectivity index (χ1n) is 9.84. The zero-order chi connectivity index (χ0) is 22.7. The molecule has 1 aromatic heterocycles. The summed E-state index contributed by atoms with van der Waals surface area (Å²) in [6.45, 7) is 3.75. The highest BCUT2D eigenvalue weighted by atomic mass is 35.5. The first kappa shape index (κ1) is 22.5. The number of hydrogen-bond acceptors (Lipinski definition) is 4. The van der Waals surface area contributed by atoms with Crippen LogP contribution in [0, 0.1) is 5.92 Å². The first-order valence-corrected chi connectivity index (χ1v) is 10.2. The Hall–Kier alpha value is -3.19. The molecule has 164 valence electrons. The van der Waals surface area contributed by atoms with Crippen LogP contribution in [-0.4, -0.2) is 36.6 Å². The number of amides is 2. The van der Waals surface area contributed by atoms with Crippen LogP contribution in [0.5, 0.6) is 11.5 Å². The average Bonchev–Trinajstić information content (AvgIpc) is 3.07. The highest BCUT2D eigenvalue weighted by Gasteiger charge is 2.26. The molecule has 31 heavy (non-hydrogen) atoms. The molecule has 2 N–H and O–H groups in total. The standard InChI is InChI=1S/C23H26ClN3O4/c1-13(2)21(23(29)25-15-6-9-20(31-5)17(24)12-15)26-22(28)19-11-14-10-16(30-4)7-8-18(14)27(19)3/h6-13,21H,1-5H3,(H,25,29)(H,26,28)/t21-/m1/s1. The van der Waals surface area contributed by atoms with E-state index in [1.54, 1.807) is 35.9 Å².